The molecule has 0 saturated heterocycles. The van der Waals surface area contributed by atoms with E-state index >= 15 is 0 Å². The van der Waals surface area contributed by atoms with Crippen LogP contribution in [0.1, 0.15) is 82.7 Å². The smallest absolute Gasteiger partial charge is 0.165 e. The highest BCUT2D eigenvalue weighted by Gasteiger charge is 2.59. The minimum atomic E-state index is -0.217. The van der Waals surface area contributed by atoms with Crippen molar-refractivity contribution in [2.45, 2.75) is 92.2 Å². The van der Waals surface area contributed by atoms with Crippen LogP contribution in [-0.2, 0) is 11.3 Å². The Balaban J connectivity index is 1.49. The summed E-state index contributed by atoms with van der Waals surface area (Å²) < 4.78 is 2.04. The van der Waals surface area contributed by atoms with E-state index in [-0.39, 0.29) is 16.9 Å². The molecule has 0 amide bonds. The van der Waals surface area contributed by atoms with E-state index in [1.54, 1.807) is 0 Å². The summed E-state index contributed by atoms with van der Waals surface area (Å²) in [5, 5.41) is 14.9. The molecule has 0 aromatic carbocycles. The third-order valence-corrected chi connectivity index (χ3v) is 9.77. The van der Waals surface area contributed by atoms with Gasteiger partial charge in [0.15, 0.2) is 5.78 Å². The van der Waals surface area contributed by atoms with Gasteiger partial charge in [-0.3, -0.25) is 9.48 Å². The highest BCUT2D eigenvalue weighted by Crippen LogP contribution is 2.64. The van der Waals surface area contributed by atoms with Crippen LogP contribution in [0.5, 0.6) is 0 Å². The quantitative estimate of drug-likeness (QED) is 0.512. The number of Topliss-reactive ketones (excluding diaryl/α,β-unsaturated/α-hetero) is 1. The minimum Gasteiger partial charge on any atom is -0.393 e. The van der Waals surface area contributed by atoms with Gasteiger partial charge in [0.05, 0.1) is 11.8 Å². The van der Waals surface area contributed by atoms with Gasteiger partial charge >= 0.3 is 0 Å². The van der Waals surface area contributed by atoms with Crippen LogP contribution in [0.25, 0.3) is 6.08 Å². The summed E-state index contributed by atoms with van der Waals surface area (Å²) in [6, 6.07) is 0. The Morgan fingerprint density at radius 2 is 1.90 bits per heavy atom. The van der Waals surface area contributed by atoms with Gasteiger partial charge in [-0.15, -0.1) is 0 Å². The molecule has 5 rings (SSSR count). The van der Waals surface area contributed by atoms with E-state index < -0.39 is 0 Å². The van der Waals surface area contributed by atoms with Gasteiger partial charge in [-0.05, 0) is 101 Å². The average molecular weight is 423 g/mol. The summed E-state index contributed by atoms with van der Waals surface area (Å²) in [7, 11) is 0. The van der Waals surface area contributed by atoms with Gasteiger partial charge in [0.25, 0.3) is 0 Å². The largest absolute Gasteiger partial charge is 0.393 e. The molecule has 4 aliphatic rings. The van der Waals surface area contributed by atoms with Gasteiger partial charge in [0, 0.05) is 23.2 Å². The van der Waals surface area contributed by atoms with E-state index in [4.69, 9.17) is 0 Å². The molecule has 0 radical (unpaired) electrons. The van der Waals surface area contributed by atoms with Gasteiger partial charge in [0.1, 0.15) is 0 Å². The number of aliphatic hydroxyl groups is 1. The third kappa shape index (κ3) is 2.97. The van der Waals surface area contributed by atoms with Crippen molar-refractivity contribution in [3.05, 3.63) is 34.2 Å². The molecule has 3 fully saturated rings. The van der Waals surface area contributed by atoms with Crippen LogP contribution in [0.4, 0.5) is 0 Å². The Hall–Kier alpha value is -1.68. The van der Waals surface area contributed by atoms with Crippen LogP contribution in [0, 0.1) is 42.4 Å². The van der Waals surface area contributed by atoms with Crippen LogP contribution < -0.4 is 0 Å². The maximum absolute atomic E-state index is 13.7. The predicted octanol–water partition coefficient (Wildman–Crippen LogP) is 5.41. The van der Waals surface area contributed by atoms with Gasteiger partial charge in [-0.2, -0.15) is 5.10 Å². The molecule has 31 heavy (non-hydrogen) atoms. The monoisotopic (exact) mass is 422 g/mol. The number of hydrogen-bond acceptors (Lipinski definition) is 3. The lowest BCUT2D eigenvalue weighted by atomic mass is 9.48. The lowest BCUT2D eigenvalue weighted by Gasteiger charge is -2.56. The molecule has 1 aromatic heterocycles. The molecular formula is C27H38N2O2. The number of nitrogens with zero attached hydrogens (tertiary/aromatic N) is 2. The van der Waals surface area contributed by atoms with E-state index in [0.717, 1.165) is 74.0 Å². The molecular weight excluding hydrogens is 384 g/mol. The molecule has 0 spiro atoms. The first-order valence-corrected chi connectivity index (χ1v) is 12.4. The molecule has 4 aliphatic carbocycles. The van der Waals surface area contributed by atoms with Crippen molar-refractivity contribution in [3.8, 4) is 0 Å². The van der Waals surface area contributed by atoms with Crippen LogP contribution in [0.15, 0.2) is 17.2 Å². The van der Waals surface area contributed by atoms with E-state index in [1.807, 2.05) is 4.68 Å². The lowest BCUT2D eigenvalue weighted by molar-refractivity contribution is -0.130. The van der Waals surface area contributed by atoms with Crippen molar-refractivity contribution in [3.63, 3.8) is 0 Å². The molecule has 0 bridgehead atoms. The number of fused-ring (bicyclic) bond motifs is 5. The van der Waals surface area contributed by atoms with E-state index in [1.165, 1.54) is 5.57 Å². The van der Waals surface area contributed by atoms with Gasteiger partial charge in [0.2, 0.25) is 0 Å². The summed E-state index contributed by atoms with van der Waals surface area (Å²) in [5.41, 5.74) is 5.85. The van der Waals surface area contributed by atoms with Crippen molar-refractivity contribution in [1.82, 2.24) is 9.78 Å². The Morgan fingerprint density at radius 3 is 2.61 bits per heavy atom. The van der Waals surface area contributed by atoms with Crippen molar-refractivity contribution >= 4 is 11.9 Å². The fourth-order valence-corrected chi connectivity index (χ4v) is 7.84. The maximum atomic E-state index is 13.7. The summed E-state index contributed by atoms with van der Waals surface area (Å²) in [6.07, 6.45) is 11.5. The number of rotatable bonds is 2. The highest BCUT2D eigenvalue weighted by atomic mass is 16.3. The van der Waals surface area contributed by atoms with Crippen molar-refractivity contribution < 1.29 is 9.90 Å². The van der Waals surface area contributed by atoms with Gasteiger partial charge in [-0.1, -0.05) is 25.5 Å². The number of aliphatic hydroxyl groups excluding tert-OH is 1. The number of ketones is 1. The highest BCUT2D eigenvalue weighted by molar-refractivity contribution is 6.06. The molecule has 6 atom stereocenters. The molecule has 0 aliphatic heterocycles. The second kappa shape index (κ2) is 7.16. The zero-order valence-electron chi connectivity index (χ0n) is 19.9. The predicted molar refractivity (Wildman–Crippen MR) is 123 cm³/mol. The van der Waals surface area contributed by atoms with Crippen LogP contribution >= 0.6 is 0 Å². The number of carbonyl (C=O) groups is 1. The fourth-order valence-electron chi connectivity index (χ4n) is 7.84. The number of aromatic nitrogens is 2. The third-order valence-electron chi connectivity index (χ3n) is 9.77. The molecule has 1 N–H and O–H groups in total. The molecule has 1 heterocycles. The molecule has 1 aromatic rings. The van der Waals surface area contributed by atoms with Gasteiger partial charge in [-0.25, -0.2) is 0 Å². The standard InChI is InChI=1S/C27H38N2O2/c1-6-29-17(3)22(16(2)28-29)13-18-14-24-21-8-7-19-15-20(30)9-11-26(19,4)23(21)10-12-27(24,5)25(18)31/h7,13,20-21,23-24,30H,6,8-12,14-15H2,1-5H3/b18-13-/t20-,21+,23-,24-,26-,27-/m0/s1. The fraction of sp³-hybridized carbons (Fsp3) is 0.704. The van der Waals surface area contributed by atoms with Gasteiger partial charge < -0.3 is 5.11 Å². The zero-order valence-corrected chi connectivity index (χ0v) is 19.9. The Kier molecular flexibility index (Phi) is 4.89. The molecule has 4 nitrogen and oxygen atoms in total. The van der Waals surface area contributed by atoms with Crippen LogP contribution in [-0.4, -0.2) is 26.8 Å². The first-order chi connectivity index (χ1) is 14.7. The maximum Gasteiger partial charge on any atom is 0.165 e. The van der Waals surface area contributed by atoms with Crippen molar-refractivity contribution in [2.24, 2.45) is 28.6 Å². The normalized spacial score (nSPS) is 41.0. The molecule has 168 valence electrons. The van der Waals surface area contributed by atoms with Crippen molar-refractivity contribution in [2.75, 3.05) is 0 Å². The summed E-state index contributed by atoms with van der Waals surface area (Å²) in [4.78, 5) is 13.7. The molecule has 0 unspecified atom stereocenters. The number of carbonyl (C=O) groups excluding carboxylic acids is 1. The van der Waals surface area contributed by atoms with Crippen molar-refractivity contribution in [1.29, 1.82) is 0 Å². The first kappa shape index (κ1) is 21.2. The van der Waals surface area contributed by atoms with E-state index in [0.29, 0.717) is 23.5 Å². The molecule has 3 saturated carbocycles. The van der Waals surface area contributed by atoms with E-state index in [9.17, 15) is 9.90 Å². The number of allylic oxidation sites excluding steroid dienone is 2. The SMILES string of the molecule is CCn1nc(C)c(/C=C2/C[C@H]3[C@@H]4CC=C5C[C@@H](O)CC[C@]5(C)[C@H]4CC[C@]3(C)C2=O)c1C. The zero-order chi connectivity index (χ0) is 22.1. The van der Waals surface area contributed by atoms with Crippen LogP contribution in [0.2, 0.25) is 0 Å². The Labute approximate surface area is 186 Å². The van der Waals surface area contributed by atoms with Crippen LogP contribution in [0.3, 0.4) is 0 Å². The minimum absolute atomic E-state index is 0.164. The Morgan fingerprint density at radius 1 is 1.16 bits per heavy atom. The summed E-state index contributed by atoms with van der Waals surface area (Å²) >= 11 is 0. The second-order valence-corrected chi connectivity index (χ2v) is 11.2. The number of hydrogen-bond donors (Lipinski definition) is 1. The Bertz CT molecular complexity index is 986. The average Bonchev–Trinajstić information content (AvgIpc) is 3.16. The lowest BCUT2D eigenvalue weighted by Crippen LogP contribution is -2.50. The number of aryl methyl sites for hydroxylation is 2. The molecule has 4 heteroatoms. The topological polar surface area (TPSA) is 55.1 Å². The van der Waals surface area contributed by atoms with E-state index in [2.05, 4.69) is 51.9 Å². The second-order valence-electron chi connectivity index (χ2n) is 11.2. The first-order valence-electron chi connectivity index (χ1n) is 12.4. The summed E-state index contributed by atoms with van der Waals surface area (Å²) in [6.45, 7) is 11.8. The summed E-state index contributed by atoms with van der Waals surface area (Å²) in [5.74, 6) is 2.06.